The van der Waals surface area contributed by atoms with E-state index in [2.05, 4.69) is 44.3 Å². The highest BCUT2D eigenvalue weighted by Crippen LogP contribution is 2.34. The molecule has 0 saturated carbocycles. The highest BCUT2D eigenvalue weighted by Gasteiger charge is 2.21. The Bertz CT molecular complexity index is 373. The van der Waals surface area contributed by atoms with Crippen LogP contribution in [0.3, 0.4) is 0 Å². The maximum absolute atomic E-state index is 5.94. The zero-order valence-electron chi connectivity index (χ0n) is 11.1. The minimum atomic E-state index is 0.444. The number of aryl methyl sites for hydroxylation is 1. The number of fused-ring (bicyclic) bond motifs is 1. The van der Waals surface area contributed by atoms with Crippen molar-refractivity contribution in [3.05, 3.63) is 29.3 Å². The molecule has 0 bridgehead atoms. The molecule has 2 nitrogen and oxygen atoms in total. The Morgan fingerprint density at radius 3 is 2.94 bits per heavy atom. The van der Waals surface area contributed by atoms with Gasteiger partial charge in [-0.3, -0.25) is 0 Å². The average molecular weight is 233 g/mol. The Kier molecular flexibility index (Phi) is 4.06. The molecule has 1 aliphatic heterocycles. The SMILES string of the molecule is CCc1cccc2c1OCCCC2NC(C)C. The van der Waals surface area contributed by atoms with Crippen LogP contribution in [0.5, 0.6) is 5.75 Å². The highest BCUT2D eigenvalue weighted by atomic mass is 16.5. The van der Waals surface area contributed by atoms with Crippen LogP contribution in [-0.4, -0.2) is 12.6 Å². The van der Waals surface area contributed by atoms with Gasteiger partial charge in [0.2, 0.25) is 0 Å². The van der Waals surface area contributed by atoms with Crippen LogP contribution in [0.4, 0.5) is 0 Å². The molecule has 0 amide bonds. The summed E-state index contributed by atoms with van der Waals surface area (Å²) >= 11 is 0. The topological polar surface area (TPSA) is 21.3 Å². The van der Waals surface area contributed by atoms with Gasteiger partial charge in [0.05, 0.1) is 6.61 Å². The molecule has 0 radical (unpaired) electrons. The predicted molar refractivity (Wildman–Crippen MR) is 71.6 cm³/mol. The molecule has 1 aromatic carbocycles. The number of nitrogens with one attached hydrogen (secondary N) is 1. The summed E-state index contributed by atoms with van der Waals surface area (Å²) in [5.74, 6) is 1.13. The van der Waals surface area contributed by atoms with Crippen LogP contribution in [-0.2, 0) is 6.42 Å². The van der Waals surface area contributed by atoms with Crippen LogP contribution in [0.15, 0.2) is 18.2 Å². The number of rotatable bonds is 3. The maximum atomic E-state index is 5.94. The molecule has 2 rings (SSSR count). The standard InChI is InChI=1S/C15H23NO/c1-4-12-7-5-8-13-14(16-11(2)3)9-6-10-17-15(12)13/h5,7-8,11,14,16H,4,6,9-10H2,1-3H3. The number of para-hydroxylation sites is 1. The summed E-state index contributed by atoms with van der Waals surface area (Å²) in [5.41, 5.74) is 2.68. The summed E-state index contributed by atoms with van der Waals surface area (Å²) in [6.07, 6.45) is 3.33. The van der Waals surface area contributed by atoms with Crippen molar-refractivity contribution in [3.63, 3.8) is 0 Å². The molecule has 1 heterocycles. The summed E-state index contributed by atoms with van der Waals surface area (Å²) in [7, 11) is 0. The number of hydrogen-bond donors (Lipinski definition) is 1. The lowest BCUT2D eigenvalue weighted by atomic mass is 9.98. The van der Waals surface area contributed by atoms with Crippen LogP contribution >= 0.6 is 0 Å². The lowest BCUT2D eigenvalue weighted by Gasteiger charge is -2.22. The monoisotopic (exact) mass is 233 g/mol. The van der Waals surface area contributed by atoms with E-state index in [1.165, 1.54) is 17.5 Å². The van der Waals surface area contributed by atoms with Crippen molar-refractivity contribution in [2.24, 2.45) is 0 Å². The van der Waals surface area contributed by atoms with Crippen molar-refractivity contribution in [2.75, 3.05) is 6.61 Å². The molecule has 94 valence electrons. The summed E-state index contributed by atoms with van der Waals surface area (Å²) in [4.78, 5) is 0. The first-order valence-corrected chi connectivity index (χ1v) is 6.73. The van der Waals surface area contributed by atoms with Crippen LogP contribution in [0.1, 0.15) is 50.8 Å². The van der Waals surface area contributed by atoms with Gasteiger partial charge < -0.3 is 10.1 Å². The van der Waals surface area contributed by atoms with E-state index >= 15 is 0 Å². The van der Waals surface area contributed by atoms with Gasteiger partial charge in [0, 0.05) is 17.6 Å². The molecule has 0 saturated heterocycles. The molecule has 0 fully saturated rings. The summed E-state index contributed by atoms with van der Waals surface area (Å²) in [5, 5.41) is 3.65. The first-order chi connectivity index (χ1) is 8.22. The second-order valence-electron chi connectivity index (χ2n) is 5.05. The smallest absolute Gasteiger partial charge is 0.127 e. The number of benzene rings is 1. The lowest BCUT2D eigenvalue weighted by Crippen LogP contribution is -2.27. The van der Waals surface area contributed by atoms with Gasteiger partial charge in [-0.05, 0) is 24.8 Å². The Morgan fingerprint density at radius 2 is 2.24 bits per heavy atom. The van der Waals surface area contributed by atoms with Crippen LogP contribution in [0.25, 0.3) is 0 Å². The van der Waals surface area contributed by atoms with Crippen molar-refractivity contribution in [3.8, 4) is 5.75 Å². The number of hydrogen-bond acceptors (Lipinski definition) is 2. The van der Waals surface area contributed by atoms with Gasteiger partial charge in [0.25, 0.3) is 0 Å². The second-order valence-corrected chi connectivity index (χ2v) is 5.05. The molecule has 2 heteroatoms. The van der Waals surface area contributed by atoms with E-state index in [0.29, 0.717) is 12.1 Å². The van der Waals surface area contributed by atoms with Gasteiger partial charge in [-0.15, -0.1) is 0 Å². The third-order valence-corrected chi connectivity index (χ3v) is 3.30. The van der Waals surface area contributed by atoms with E-state index in [4.69, 9.17) is 4.74 Å². The van der Waals surface area contributed by atoms with Crippen LogP contribution < -0.4 is 10.1 Å². The molecule has 1 N–H and O–H groups in total. The van der Waals surface area contributed by atoms with Gasteiger partial charge in [-0.1, -0.05) is 39.0 Å². The Morgan fingerprint density at radius 1 is 1.41 bits per heavy atom. The fourth-order valence-electron chi connectivity index (χ4n) is 2.53. The predicted octanol–water partition coefficient (Wildman–Crippen LogP) is 3.46. The van der Waals surface area contributed by atoms with E-state index in [1.807, 2.05) is 0 Å². The van der Waals surface area contributed by atoms with Crippen molar-refractivity contribution in [1.29, 1.82) is 0 Å². The largest absolute Gasteiger partial charge is 0.493 e. The third kappa shape index (κ3) is 2.81. The maximum Gasteiger partial charge on any atom is 0.127 e. The Labute approximate surface area is 104 Å². The molecule has 0 spiro atoms. The van der Waals surface area contributed by atoms with Crippen molar-refractivity contribution in [1.82, 2.24) is 5.32 Å². The first-order valence-electron chi connectivity index (χ1n) is 6.73. The normalized spacial score (nSPS) is 19.6. The molecule has 1 atom stereocenters. The second kappa shape index (κ2) is 5.54. The molecule has 0 aromatic heterocycles. The molecule has 1 unspecified atom stereocenters. The molecule has 1 aliphatic rings. The van der Waals surface area contributed by atoms with Crippen molar-refractivity contribution in [2.45, 2.75) is 52.1 Å². The van der Waals surface area contributed by atoms with Crippen LogP contribution in [0, 0.1) is 0 Å². The summed E-state index contributed by atoms with van der Waals surface area (Å²) in [6, 6.07) is 7.49. The fraction of sp³-hybridized carbons (Fsp3) is 0.600. The summed E-state index contributed by atoms with van der Waals surface area (Å²) < 4.78 is 5.94. The van der Waals surface area contributed by atoms with Crippen molar-refractivity contribution >= 4 is 0 Å². The molecule has 1 aromatic rings. The third-order valence-electron chi connectivity index (χ3n) is 3.30. The highest BCUT2D eigenvalue weighted by molar-refractivity contribution is 5.44. The lowest BCUT2D eigenvalue weighted by molar-refractivity contribution is 0.312. The Hall–Kier alpha value is -1.02. The molecular formula is C15H23NO. The first kappa shape index (κ1) is 12.4. The quantitative estimate of drug-likeness (QED) is 0.863. The minimum absolute atomic E-state index is 0.444. The Balaban J connectivity index is 2.35. The van der Waals surface area contributed by atoms with Gasteiger partial charge in [0.15, 0.2) is 0 Å². The zero-order valence-corrected chi connectivity index (χ0v) is 11.1. The van der Waals surface area contributed by atoms with Gasteiger partial charge in [0.1, 0.15) is 5.75 Å². The molecule has 0 aliphatic carbocycles. The van der Waals surface area contributed by atoms with E-state index in [1.54, 1.807) is 0 Å². The summed E-state index contributed by atoms with van der Waals surface area (Å²) in [6.45, 7) is 7.44. The van der Waals surface area contributed by atoms with E-state index in [0.717, 1.165) is 25.2 Å². The van der Waals surface area contributed by atoms with E-state index < -0.39 is 0 Å². The zero-order chi connectivity index (χ0) is 12.3. The molecular weight excluding hydrogens is 210 g/mol. The van der Waals surface area contributed by atoms with Crippen LogP contribution in [0.2, 0.25) is 0 Å². The van der Waals surface area contributed by atoms with E-state index in [-0.39, 0.29) is 0 Å². The van der Waals surface area contributed by atoms with Crippen molar-refractivity contribution < 1.29 is 4.74 Å². The van der Waals surface area contributed by atoms with E-state index in [9.17, 15) is 0 Å². The fourth-order valence-corrected chi connectivity index (χ4v) is 2.53. The average Bonchev–Trinajstić information content (AvgIpc) is 2.51. The van der Waals surface area contributed by atoms with Gasteiger partial charge in [-0.2, -0.15) is 0 Å². The molecule has 17 heavy (non-hydrogen) atoms. The van der Waals surface area contributed by atoms with Gasteiger partial charge in [-0.25, -0.2) is 0 Å². The number of ether oxygens (including phenoxy) is 1. The van der Waals surface area contributed by atoms with Gasteiger partial charge >= 0.3 is 0 Å². The minimum Gasteiger partial charge on any atom is -0.493 e.